The summed E-state index contributed by atoms with van der Waals surface area (Å²) in [5.41, 5.74) is 1.19. The molecule has 0 spiro atoms. The number of hydrogen-bond acceptors (Lipinski definition) is 5. The third kappa shape index (κ3) is 5.39. The minimum Gasteiger partial charge on any atom is -0.356 e. The van der Waals surface area contributed by atoms with Gasteiger partial charge in [0.25, 0.3) is 0 Å². The molecule has 0 unspecified atom stereocenters. The smallest absolute Gasteiger partial charge is 0.225 e. The lowest BCUT2D eigenvalue weighted by atomic mass is 9.99. The maximum Gasteiger partial charge on any atom is 0.225 e. The van der Waals surface area contributed by atoms with Crippen LogP contribution >= 0.6 is 0 Å². The summed E-state index contributed by atoms with van der Waals surface area (Å²) in [4.78, 5) is 25.1. The minimum atomic E-state index is 0.0593. The third-order valence-corrected chi connectivity index (χ3v) is 5.32. The Morgan fingerprint density at radius 3 is 2.56 bits per heavy atom. The summed E-state index contributed by atoms with van der Waals surface area (Å²) in [6.45, 7) is 6.54. The Morgan fingerprint density at radius 1 is 1.12 bits per heavy atom. The van der Waals surface area contributed by atoms with Gasteiger partial charge in [-0.25, -0.2) is 9.97 Å². The molecule has 6 nitrogen and oxygen atoms in total. The van der Waals surface area contributed by atoms with E-state index >= 15 is 0 Å². The van der Waals surface area contributed by atoms with Crippen LogP contribution in [0.5, 0.6) is 0 Å². The number of piperidine rings is 2. The summed E-state index contributed by atoms with van der Waals surface area (Å²) in [6, 6.07) is 0.544. The number of hydrogen-bond donors (Lipinski definition) is 1. The van der Waals surface area contributed by atoms with E-state index in [2.05, 4.69) is 25.1 Å². The second-order valence-electron chi connectivity index (χ2n) is 7.33. The average molecular weight is 345 g/mol. The number of likely N-dealkylation sites (tertiary alicyclic amines) is 1. The van der Waals surface area contributed by atoms with Crippen LogP contribution in [0.4, 0.5) is 5.95 Å². The summed E-state index contributed by atoms with van der Waals surface area (Å²) in [5, 5.41) is 2.93. The summed E-state index contributed by atoms with van der Waals surface area (Å²) < 4.78 is 0. The SMILES string of the molecule is CC(=O)NCC[C@@H]1CCCCN1Cc1cnc(N2CCCCC2)nc1. The Labute approximate surface area is 151 Å². The first-order valence-corrected chi connectivity index (χ1v) is 9.77. The highest BCUT2D eigenvalue weighted by Crippen LogP contribution is 2.22. The van der Waals surface area contributed by atoms with E-state index in [-0.39, 0.29) is 5.91 Å². The number of anilines is 1. The molecule has 0 aromatic carbocycles. The van der Waals surface area contributed by atoms with E-state index in [4.69, 9.17) is 0 Å². The van der Waals surface area contributed by atoms with Crippen molar-refractivity contribution in [2.24, 2.45) is 0 Å². The molecule has 6 heteroatoms. The predicted molar refractivity (Wildman–Crippen MR) is 99.4 cm³/mol. The molecule has 1 aromatic heterocycles. The van der Waals surface area contributed by atoms with Gasteiger partial charge in [-0.15, -0.1) is 0 Å². The molecule has 1 aromatic rings. The molecule has 2 aliphatic heterocycles. The van der Waals surface area contributed by atoms with Gasteiger partial charge in [-0.05, 0) is 45.1 Å². The monoisotopic (exact) mass is 345 g/mol. The van der Waals surface area contributed by atoms with Crippen LogP contribution in [-0.2, 0) is 11.3 Å². The van der Waals surface area contributed by atoms with E-state index in [1.54, 1.807) is 6.92 Å². The molecule has 2 fully saturated rings. The number of carbonyl (C=O) groups excluding carboxylic acids is 1. The van der Waals surface area contributed by atoms with E-state index in [1.807, 2.05) is 12.4 Å². The van der Waals surface area contributed by atoms with Crippen molar-refractivity contribution in [2.75, 3.05) is 31.1 Å². The molecule has 1 N–H and O–H groups in total. The van der Waals surface area contributed by atoms with E-state index < -0.39 is 0 Å². The molecule has 2 aliphatic rings. The van der Waals surface area contributed by atoms with Crippen molar-refractivity contribution in [3.8, 4) is 0 Å². The number of rotatable bonds is 6. The van der Waals surface area contributed by atoms with Crippen LogP contribution in [0.3, 0.4) is 0 Å². The molecular formula is C19H31N5O. The largest absolute Gasteiger partial charge is 0.356 e. The van der Waals surface area contributed by atoms with Crippen LogP contribution in [0.25, 0.3) is 0 Å². The zero-order valence-corrected chi connectivity index (χ0v) is 15.4. The first kappa shape index (κ1) is 18.1. The van der Waals surface area contributed by atoms with Crippen molar-refractivity contribution in [3.05, 3.63) is 18.0 Å². The van der Waals surface area contributed by atoms with Crippen molar-refractivity contribution in [3.63, 3.8) is 0 Å². The minimum absolute atomic E-state index is 0.0593. The Bertz CT molecular complexity index is 541. The Balaban J connectivity index is 1.54. The maximum atomic E-state index is 11.1. The molecule has 0 aliphatic carbocycles. The summed E-state index contributed by atoms with van der Waals surface area (Å²) >= 11 is 0. The van der Waals surface area contributed by atoms with E-state index in [9.17, 15) is 4.79 Å². The number of carbonyl (C=O) groups is 1. The fourth-order valence-electron chi connectivity index (χ4n) is 3.93. The lowest BCUT2D eigenvalue weighted by Gasteiger charge is -2.35. The summed E-state index contributed by atoms with van der Waals surface area (Å²) in [5.74, 6) is 0.938. The zero-order valence-electron chi connectivity index (χ0n) is 15.4. The molecule has 0 bridgehead atoms. The Hall–Kier alpha value is -1.69. The van der Waals surface area contributed by atoms with Gasteiger partial charge in [0.2, 0.25) is 11.9 Å². The lowest BCUT2D eigenvalue weighted by molar-refractivity contribution is -0.119. The van der Waals surface area contributed by atoms with Crippen LogP contribution in [-0.4, -0.2) is 53.0 Å². The second kappa shape index (κ2) is 9.13. The highest BCUT2D eigenvalue weighted by Gasteiger charge is 2.22. The van der Waals surface area contributed by atoms with Crippen LogP contribution in [0.1, 0.15) is 57.4 Å². The van der Waals surface area contributed by atoms with Crippen molar-refractivity contribution in [2.45, 2.75) is 64.5 Å². The normalized spacial score (nSPS) is 22.0. The molecule has 2 saturated heterocycles. The van der Waals surface area contributed by atoms with Gasteiger partial charge in [-0.3, -0.25) is 9.69 Å². The predicted octanol–water partition coefficient (Wildman–Crippen LogP) is 2.35. The van der Waals surface area contributed by atoms with Gasteiger partial charge in [-0.1, -0.05) is 6.42 Å². The van der Waals surface area contributed by atoms with E-state index in [1.165, 1.54) is 44.1 Å². The van der Waals surface area contributed by atoms with Gasteiger partial charge in [0.1, 0.15) is 0 Å². The zero-order chi connectivity index (χ0) is 17.5. The fraction of sp³-hybridized carbons (Fsp3) is 0.737. The van der Waals surface area contributed by atoms with Crippen LogP contribution < -0.4 is 10.2 Å². The van der Waals surface area contributed by atoms with Crippen LogP contribution in [0.2, 0.25) is 0 Å². The molecule has 138 valence electrons. The van der Waals surface area contributed by atoms with Crippen LogP contribution in [0, 0.1) is 0 Å². The highest BCUT2D eigenvalue weighted by molar-refractivity contribution is 5.72. The molecule has 3 rings (SSSR count). The van der Waals surface area contributed by atoms with Gasteiger partial charge in [0, 0.05) is 57.1 Å². The number of amides is 1. The van der Waals surface area contributed by atoms with E-state index in [0.717, 1.165) is 45.1 Å². The average Bonchev–Trinajstić information content (AvgIpc) is 2.64. The number of nitrogens with one attached hydrogen (secondary N) is 1. The van der Waals surface area contributed by atoms with Gasteiger partial charge < -0.3 is 10.2 Å². The van der Waals surface area contributed by atoms with Gasteiger partial charge in [0.05, 0.1) is 0 Å². The lowest BCUT2D eigenvalue weighted by Crippen LogP contribution is -2.41. The first-order valence-electron chi connectivity index (χ1n) is 9.77. The molecule has 1 amide bonds. The molecule has 0 radical (unpaired) electrons. The topological polar surface area (TPSA) is 61.4 Å². The number of aromatic nitrogens is 2. The quantitative estimate of drug-likeness (QED) is 0.857. The summed E-state index contributed by atoms with van der Waals surface area (Å²) in [7, 11) is 0. The summed E-state index contributed by atoms with van der Waals surface area (Å²) in [6.07, 6.45) is 12.6. The van der Waals surface area contributed by atoms with Gasteiger partial charge in [-0.2, -0.15) is 0 Å². The third-order valence-electron chi connectivity index (χ3n) is 5.32. The Kier molecular flexibility index (Phi) is 6.62. The van der Waals surface area contributed by atoms with Crippen molar-refractivity contribution >= 4 is 11.9 Å². The van der Waals surface area contributed by atoms with Crippen LogP contribution in [0.15, 0.2) is 12.4 Å². The molecule has 3 heterocycles. The number of nitrogens with zero attached hydrogens (tertiary/aromatic N) is 4. The van der Waals surface area contributed by atoms with E-state index in [0.29, 0.717) is 6.04 Å². The molecule has 1 atom stereocenters. The molecule has 25 heavy (non-hydrogen) atoms. The van der Waals surface area contributed by atoms with Crippen molar-refractivity contribution in [1.29, 1.82) is 0 Å². The van der Waals surface area contributed by atoms with Gasteiger partial charge >= 0.3 is 0 Å². The maximum absolute atomic E-state index is 11.1. The first-order chi connectivity index (χ1) is 12.2. The molecular weight excluding hydrogens is 314 g/mol. The second-order valence-corrected chi connectivity index (χ2v) is 7.33. The standard InChI is InChI=1S/C19H31N5O/c1-16(25)20-9-8-18-7-3-6-12-24(18)15-17-13-21-19(22-14-17)23-10-4-2-5-11-23/h13-14,18H,2-12,15H2,1H3,(H,20,25)/t18-/m0/s1. The highest BCUT2D eigenvalue weighted by atomic mass is 16.1. The molecule has 0 saturated carbocycles. The van der Waals surface area contributed by atoms with Crippen molar-refractivity contribution < 1.29 is 4.79 Å². The van der Waals surface area contributed by atoms with Gasteiger partial charge in [0.15, 0.2) is 0 Å². The fourth-order valence-corrected chi connectivity index (χ4v) is 3.93. The Morgan fingerprint density at radius 2 is 1.84 bits per heavy atom. The van der Waals surface area contributed by atoms with Crippen molar-refractivity contribution in [1.82, 2.24) is 20.2 Å².